The van der Waals surface area contributed by atoms with Gasteiger partial charge in [-0.1, -0.05) is 18.2 Å². The molecule has 0 fully saturated rings. The summed E-state index contributed by atoms with van der Waals surface area (Å²) in [6.45, 7) is 0. The highest BCUT2D eigenvalue weighted by Gasteiger charge is 2.14. The minimum atomic E-state index is -0.519. The van der Waals surface area contributed by atoms with Gasteiger partial charge in [-0.2, -0.15) is 0 Å². The van der Waals surface area contributed by atoms with E-state index in [9.17, 15) is 9.18 Å². The van der Waals surface area contributed by atoms with Gasteiger partial charge in [0.1, 0.15) is 5.82 Å². The summed E-state index contributed by atoms with van der Waals surface area (Å²) >= 11 is 5.01. The lowest BCUT2D eigenvalue weighted by Gasteiger charge is -2.07. The first kappa shape index (κ1) is 14.5. The Morgan fingerprint density at radius 3 is 2.88 bits per heavy atom. The highest BCUT2D eigenvalue weighted by Crippen LogP contribution is 2.21. The molecule has 2 aromatic carbocycles. The molecule has 0 bridgehead atoms. The van der Waals surface area contributed by atoms with Crippen molar-refractivity contribution in [3.8, 4) is 0 Å². The molecule has 0 aliphatic rings. The van der Waals surface area contributed by atoms with E-state index in [1.54, 1.807) is 6.20 Å². The van der Waals surface area contributed by atoms with Crippen LogP contribution in [0.15, 0.2) is 48.7 Å². The van der Waals surface area contributed by atoms with Gasteiger partial charge in [0.25, 0.3) is 5.91 Å². The molecule has 118 valence electrons. The number of benzene rings is 2. The molecule has 0 spiro atoms. The number of nitrogens with one attached hydrogen (secondary N) is 3. The van der Waals surface area contributed by atoms with Gasteiger partial charge >= 0.3 is 0 Å². The van der Waals surface area contributed by atoms with Gasteiger partial charge in [0.05, 0.1) is 34.0 Å². The normalized spacial score (nSPS) is 11.0. The molecular formula is C17H11FN4OS. The molecular weight excluding hydrogens is 327 g/mol. The highest BCUT2D eigenvalue weighted by atomic mass is 32.1. The van der Waals surface area contributed by atoms with Gasteiger partial charge in [-0.15, -0.1) is 0 Å². The van der Waals surface area contributed by atoms with Crippen LogP contribution in [0.4, 0.5) is 10.1 Å². The Morgan fingerprint density at radius 2 is 2.00 bits per heavy atom. The number of para-hydroxylation sites is 1. The summed E-state index contributed by atoms with van der Waals surface area (Å²) in [5.74, 6) is -0.962. The predicted molar refractivity (Wildman–Crippen MR) is 93.1 cm³/mol. The van der Waals surface area contributed by atoms with Crippen LogP contribution in [0.3, 0.4) is 0 Å². The Bertz CT molecular complexity index is 1150. The van der Waals surface area contributed by atoms with Crippen molar-refractivity contribution in [3.05, 3.63) is 64.8 Å². The Hall–Kier alpha value is -3.06. The van der Waals surface area contributed by atoms with Crippen LogP contribution in [0, 0.1) is 10.6 Å². The van der Waals surface area contributed by atoms with Crippen molar-refractivity contribution in [1.29, 1.82) is 0 Å². The van der Waals surface area contributed by atoms with E-state index in [1.165, 1.54) is 12.1 Å². The summed E-state index contributed by atoms with van der Waals surface area (Å²) in [5, 5.41) is 3.65. The monoisotopic (exact) mass is 338 g/mol. The zero-order valence-electron chi connectivity index (χ0n) is 12.3. The van der Waals surface area contributed by atoms with Crippen LogP contribution >= 0.6 is 12.2 Å². The van der Waals surface area contributed by atoms with E-state index < -0.39 is 11.7 Å². The summed E-state index contributed by atoms with van der Waals surface area (Å²) in [6.07, 6.45) is 1.57. The van der Waals surface area contributed by atoms with Crippen LogP contribution in [0.25, 0.3) is 21.9 Å². The first-order valence-corrected chi connectivity index (χ1v) is 7.59. The van der Waals surface area contributed by atoms with Gasteiger partial charge in [0, 0.05) is 5.39 Å². The van der Waals surface area contributed by atoms with E-state index in [0.29, 0.717) is 21.5 Å². The Labute approximate surface area is 140 Å². The molecule has 0 radical (unpaired) electrons. The molecule has 7 heteroatoms. The third-order valence-corrected chi connectivity index (χ3v) is 3.89. The number of halogens is 1. The van der Waals surface area contributed by atoms with Gasteiger partial charge in [0.2, 0.25) is 0 Å². The second-order valence-electron chi connectivity index (χ2n) is 5.33. The minimum Gasteiger partial charge on any atom is -0.331 e. The molecule has 0 saturated carbocycles. The number of pyridine rings is 1. The average molecular weight is 338 g/mol. The van der Waals surface area contributed by atoms with Crippen molar-refractivity contribution < 1.29 is 9.18 Å². The Balaban J connectivity index is 1.74. The number of fused-ring (bicyclic) bond motifs is 2. The SMILES string of the molecule is O=C(Nc1cnc2ccccc2c1)c1cc(F)cc2[nH]c(=S)[nH]c12. The third kappa shape index (κ3) is 2.55. The number of anilines is 1. The fraction of sp³-hybridized carbons (Fsp3) is 0. The van der Waals surface area contributed by atoms with Crippen LogP contribution in [-0.4, -0.2) is 20.9 Å². The first-order valence-electron chi connectivity index (χ1n) is 7.18. The molecule has 4 aromatic rings. The van der Waals surface area contributed by atoms with E-state index in [4.69, 9.17) is 12.2 Å². The molecule has 4 rings (SSSR count). The molecule has 3 N–H and O–H groups in total. The number of rotatable bonds is 2. The first-order chi connectivity index (χ1) is 11.6. The number of aromatic amines is 2. The lowest BCUT2D eigenvalue weighted by Crippen LogP contribution is -2.13. The van der Waals surface area contributed by atoms with E-state index in [1.807, 2.05) is 30.3 Å². The van der Waals surface area contributed by atoms with Gasteiger partial charge in [0.15, 0.2) is 4.77 Å². The molecule has 0 aliphatic carbocycles. The Kier molecular flexibility index (Phi) is 3.35. The van der Waals surface area contributed by atoms with Crippen LogP contribution in [0.2, 0.25) is 0 Å². The van der Waals surface area contributed by atoms with Crippen molar-refractivity contribution in [1.82, 2.24) is 15.0 Å². The number of nitrogens with zero attached hydrogens (tertiary/aromatic N) is 1. The lowest BCUT2D eigenvalue weighted by atomic mass is 10.1. The second-order valence-corrected chi connectivity index (χ2v) is 5.73. The largest absolute Gasteiger partial charge is 0.331 e. The van der Waals surface area contributed by atoms with Crippen LogP contribution in [-0.2, 0) is 0 Å². The van der Waals surface area contributed by atoms with E-state index in [2.05, 4.69) is 20.3 Å². The van der Waals surface area contributed by atoms with Crippen LogP contribution in [0.5, 0.6) is 0 Å². The number of aromatic nitrogens is 3. The van der Waals surface area contributed by atoms with Crippen molar-refractivity contribution in [2.75, 3.05) is 5.32 Å². The lowest BCUT2D eigenvalue weighted by molar-refractivity contribution is 0.102. The van der Waals surface area contributed by atoms with Gasteiger partial charge < -0.3 is 15.3 Å². The van der Waals surface area contributed by atoms with Crippen LogP contribution in [0.1, 0.15) is 10.4 Å². The molecule has 0 atom stereocenters. The van der Waals surface area contributed by atoms with Crippen molar-refractivity contribution in [2.24, 2.45) is 0 Å². The van der Waals surface area contributed by atoms with Gasteiger partial charge in [-0.25, -0.2) is 4.39 Å². The van der Waals surface area contributed by atoms with Gasteiger partial charge in [-0.05, 0) is 36.5 Å². The molecule has 0 unspecified atom stereocenters. The molecule has 2 aromatic heterocycles. The fourth-order valence-corrected chi connectivity index (χ4v) is 2.84. The summed E-state index contributed by atoms with van der Waals surface area (Å²) in [4.78, 5) is 22.5. The second kappa shape index (κ2) is 5.54. The topological polar surface area (TPSA) is 73.6 Å². The number of imidazole rings is 1. The maximum Gasteiger partial charge on any atom is 0.258 e. The average Bonchev–Trinajstić information content (AvgIpc) is 2.93. The van der Waals surface area contributed by atoms with Gasteiger partial charge in [-0.3, -0.25) is 9.78 Å². The van der Waals surface area contributed by atoms with E-state index in [0.717, 1.165) is 10.9 Å². The number of carbonyl (C=O) groups is 1. The van der Waals surface area contributed by atoms with Crippen molar-refractivity contribution in [2.45, 2.75) is 0 Å². The zero-order chi connectivity index (χ0) is 16.7. The number of amides is 1. The summed E-state index contributed by atoms with van der Waals surface area (Å²) in [5.41, 5.74) is 2.45. The summed E-state index contributed by atoms with van der Waals surface area (Å²) < 4.78 is 14.1. The number of carbonyl (C=O) groups excluding carboxylic acids is 1. The van der Waals surface area contributed by atoms with Crippen molar-refractivity contribution in [3.63, 3.8) is 0 Å². The standard InChI is InChI=1S/C17H11FN4OS/c18-10-6-12(15-14(7-10)21-17(24)22-15)16(23)20-11-5-9-3-1-2-4-13(9)19-8-11/h1-8H,(H,20,23)(H2,21,22,24). The third-order valence-electron chi connectivity index (χ3n) is 3.68. The number of hydrogen-bond donors (Lipinski definition) is 3. The van der Waals surface area contributed by atoms with Crippen LogP contribution < -0.4 is 5.32 Å². The molecule has 24 heavy (non-hydrogen) atoms. The smallest absolute Gasteiger partial charge is 0.258 e. The summed E-state index contributed by atoms with van der Waals surface area (Å²) in [7, 11) is 0. The minimum absolute atomic E-state index is 0.172. The zero-order valence-corrected chi connectivity index (χ0v) is 13.1. The molecule has 0 saturated heterocycles. The van der Waals surface area contributed by atoms with E-state index >= 15 is 0 Å². The highest BCUT2D eigenvalue weighted by molar-refractivity contribution is 7.71. The maximum absolute atomic E-state index is 13.8. The van der Waals surface area contributed by atoms with Crippen molar-refractivity contribution >= 4 is 45.7 Å². The number of H-pyrrole nitrogens is 2. The number of hydrogen-bond acceptors (Lipinski definition) is 3. The molecule has 0 aliphatic heterocycles. The molecule has 1 amide bonds. The summed E-state index contributed by atoms with van der Waals surface area (Å²) in [6, 6.07) is 11.9. The Morgan fingerprint density at radius 1 is 1.17 bits per heavy atom. The fourth-order valence-electron chi connectivity index (χ4n) is 2.62. The maximum atomic E-state index is 13.8. The quantitative estimate of drug-likeness (QED) is 0.480. The molecule has 5 nitrogen and oxygen atoms in total. The van der Waals surface area contributed by atoms with E-state index in [-0.39, 0.29) is 5.56 Å². The molecule has 2 heterocycles. The predicted octanol–water partition coefficient (Wildman–Crippen LogP) is 4.17.